The Hall–Kier alpha value is -0.110. The molecule has 0 radical (unpaired) electrons. The van der Waals surface area contributed by atoms with E-state index >= 15 is 0 Å². The average molecular weight is 118 g/mol. The Morgan fingerprint density at radius 3 is 2.75 bits per heavy atom. The van der Waals surface area contributed by atoms with Crippen molar-refractivity contribution >= 4 is 0 Å². The Morgan fingerprint density at radius 2 is 2.50 bits per heavy atom. The maximum atomic E-state index is 12.9. The summed E-state index contributed by atoms with van der Waals surface area (Å²) in [6.07, 6.45) is 1.18. The second kappa shape index (κ2) is 2.02. The second-order valence-electron chi connectivity index (χ2n) is 2.31. The van der Waals surface area contributed by atoms with E-state index in [0.717, 1.165) is 0 Å². The number of hydrogen-bond donors (Lipinski definition) is 0. The summed E-state index contributed by atoms with van der Waals surface area (Å²) in [4.78, 5) is 0. The van der Waals surface area contributed by atoms with Crippen LogP contribution in [0.1, 0.15) is 19.8 Å². The minimum Gasteiger partial charge on any atom is -0.378 e. The first-order chi connectivity index (χ1) is 3.77. The predicted octanol–water partition coefficient (Wildman–Crippen LogP) is 1.52. The third-order valence-corrected chi connectivity index (χ3v) is 1.69. The van der Waals surface area contributed by atoms with E-state index in [4.69, 9.17) is 4.74 Å². The molecule has 0 bridgehead atoms. The minimum atomic E-state index is -0.986. The van der Waals surface area contributed by atoms with E-state index in [-0.39, 0.29) is 0 Å². The molecule has 2 heteroatoms. The van der Waals surface area contributed by atoms with Crippen LogP contribution in [0.25, 0.3) is 0 Å². The van der Waals surface area contributed by atoms with Crippen LogP contribution in [0.5, 0.6) is 0 Å². The minimum absolute atomic E-state index is 0.309. The molecule has 1 atom stereocenters. The SMILES string of the molecule is CCC1(F)CCOC1. The van der Waals surface area contributed by atoms with E-state index in [9.17, 15) is 4.39 Å². The Bertz CT molecular complexity index is 76.6. The van der Waals surface area contributed by atoms with E-state index in [2.05, 4.69) is 0 Å². The zero-order valence-electron chi connectivity index (χ0n) is 5.11. The van der Waals surface area contributed by atoms with Crippen LogP contribution in [0.4, 0.5) is 4.39 Å². The topological polar surface area (TPSA) is 9.23 Å². The molecule has 1 saturated heterocycles. The van der Waals surface area contributed by atoms with Crippen molar-refractivity contribution in [2.24, 2.45) is 0 Å². The maximum Gasteiger partial charge on any atom is 0.136 e. The summed E-state index contributed by atoms with van der Waals surface area (Å²) in [7, 11) is 0. The molecule has 0 aromatic rings. The summed E-state index contributed by atoms with van der Waals surface area (Å²) in [6.45, 7) is 2.77. The average Bonchev–Trinajstić information content (AvgIpc) is 2.17. The molecule has 0 saturated carbocycles. The van der Waals surface area contributed by atoms with Crippen molar-refractivity contribution in [1.82, 2.24) is 0 Å². The molecule has 1 rings (SSSR count). The number of rotatable bonds is 1. The summed E-state index contributed by atoms with van der Waals surface area (Å²) in [5.74, 6) is 0. The van der Waals surface area contributed by atoms with Crippen LogP contribution < -0.4 is 0 Å². The van der Waals surface area contributed by atoms with Gasteiger partial charge in [-0.25, -0.2) is 4.39 Å². The molecular formula is C6H11FO. The van der Waals surface area contributed by atoms with Gasteiger partial charge in [-0.2, -0.15) is 0 Å². The normalized spacial score (nSPS) is 38.2. The first-order valence-electron chi connectivity index (χ1n) is 3.03. The lowest BCUT2D eigenvalue weighted by Gasteiger charge is -2.12. The molecule has 0 aromatic carbocycles. The molecule has 0 aromatic heterocycles. The van der Waals surface area contributed by atoms with E-state index in [1.165, 1.54) is 0 Å². The lowest BCUT2D eigenvalue weighted by Crippen LogP contribution is -2.20. The van der Waals surface area contributed by atoms with Crippen LogP contribution in [0.15, 0.2) is 0 Å². The summed E-state index contributed by atoms with van der Waals surface area (Å²) in [5.41, 5.74) is -0.986. The van der Waals surface area contributed by atoms with Crippen LogP contribution in [0.3, 0.4) is 0 Å². The summed E-state index contributed by atoms with van der Waals surface area (Å²) < 4.78 is 17.8. The first kappa shape index (κ1) is 6.02. The van der Waals surface area contributed by atoms with Gasteiger partial charge in [0.1, 0.15) is 5.67 Å². The Morgan fingerprint density at radius 1 is 1.75 bits per heavy atom. The van der Waals surface area contributed by atoms with Gasteiger partial charge in [-0.05, 0) is 6.42 Å². The van der Waals surface area contributed by atoms with E-state index in [1.54, 1.807) is 0 Å². The standard InChI is InChI=1S/C6H11FO/c1-2-6(7)3-4-8-5-6/h2-5H2,1H3. The van der Waals surface area contributed by atoms with Gasteiger partial charge >= 0.3 is 0 Å². The number of hydrogen-bond acceptors (Lipinski definition) is 1. The largest absolute Gasteiger partial charge is 0.378 e. The predicted molar refractivity (Wildman–Crippen MR) is 29.6 cm³/mol. The Labute approximate surface area is 48.8 Å². The fourth-order valence-corrected chi connectivity index (χ4v) is 0.861. The molecule has 1 aliphatic heterocycles. The molecule has 48 valence electrons. The molecule has 1 aliphatic rings. The summed E-state index contributed by atoms with van der Waals surface area (Å²) >= 11 is 0. The lowest BCUT2D eigenvalue weighted by atomic mass is 10.0. The van der Waals surface area contributed by atoms with Crippen LogP contribution in [-0.4, -0.2) is 18.9 Å². The summed E-state index contributed by atoms with van der Waals surface area (Å²) in [5, 5.41) is 0. The van der Waals surface area contributed by atoms with Gasteiger partial charge in [0, 0.05) is 13.0 Å². The Kier molecular flexibility index (Phi) is 1.52. The smallest absolute Gasteiger partial charge is 0.136 e. The molecule has 1 heterocycles. The van der Waals surface area contributed by atoms with Gasteiger partial charge < -0.3 is 4.74 Å². The molecule has 1 unspecified atom stereocenters. The fourth-order valence-electron chi connectivity index (χ4n) is 0.861. The quantitative estimate of drug-likeness (QED) is 0.507. The molecule has 0 spiro atoms. The zero-order valence-corrected chi connectivity index (χ0v) is 5.11. The molecule has 0 N–H and O–H groups in total. The van der Waals surface area contributed by atoms with Gasteiger partial charge in [0.25, 0.3) is 0 Å². The molecule has 0 amide bonds. The molecule has 1 nitrogen and oxygen atoms in total. The maximum absolute atomic E-state index is 12.9. The number of alkyl halides is 1. The molecule has 8 heavy (non-hydrogen) atoms. The van der Waals surface area contributed by atoms with Crippen LogP contribution in [0, 0.1) is 0 Å². The third-order valence-electron chi connectivity index (χ3n) is 1.69. The van der Waals surface area contributed by atoms with Crippen LogP contribution in [0.2, 0.25) is 0 Å². The highest BCUT2D eigenvalue weighted by molar-refractivity contribution is 4.80. The highest BCUT2D eigenvalue weighted by Gasteiger charge is 2.32. The van der Waals surface area contributed by atoms with Gasteiger partial charge in [0.15, 0.2) is 0 Å². The van der Waals surface area contributed by atoms with Crippen LogP contribution in [-0.2, 0) is 4.74 Å². The van der Waals surface area contributed by atoms with Crippen molar-refractivity contribution in [1.29, 1.82) is 0 Å². The van der Waals surface area contributed by atoms with Crippen molar-refractivity contribution in [3.05, 3.63) is 0 Å². The van der Waals surface area contributed by atoms with Gasteiger partial charge in [-0.3, -0.25) is 0 Å². The number of ether oxygens (including phenoxy) is 1. The van der Waals surface area contributed by atoms with Crippen molar-refractivity contribution in [3.63, 3.8) is 0 Å². The Balaban J connectivity index is 2.40. The molecular weight excluding hydrogens is 107 g/mol. The van der Waals surface area contributed by atoms with E-state index < -0.39 is 5.67 Å². The lowest BCUT2D eigenvalue weighted by molar-refractivity contribution is 0.109. The second-order valence-corrected chi connectivity index (χ2v) is 2.31. The van der Waals surface area contributed by atoms with Crippen LogP contribution >= 0.6 is 0 Å². The van der Waals surface area contributed by atoms with Crippen molar-refractivity contribution in [2.45, 2.75) is 25.4 Å². The van der Waals surface area contributed by atoms with Crippen molar-refractivity contribution in [3.8, 4) is 0 Å². The third kappa shape index (κ3) is 0.996. The number of halogens is 1. The molecule has 1 fully saturated rings. The van der Waals surface area contributed by atoms with Gasteiger partial charge in [0.05, 0.1) is 6.61 Å². The van der Waals surface area contributed by atoms with Crippen molar-refractivity contribution < 1.29 is 9.13 Å². The molecule has 0 aliphatic carbocycles. The van der Waals surface area contributed by atoms with Crippen molar-refractivity contribution in [2.75, 3.05) is 13.2 Å². The van der Waals surface area contributed by atoms with E-state index in [1.807, 2.05) is 6.92 Å². The summed E-state index contributed by atoms with van der Waals surface area (Å²) in [6, 6.07) is 0. The van der Waals surface area contributed by atoms with Gasteiger partial charge in [0.2, 0.25) is 0 Å². The van der Waals surface area contributed by atoms with Gasteiger partial charge in [-0.15, -0.1) is 0 Å². The highest BCUT2D eigenvalue weighted by Crippen LogP contribution is 2.25. The van der Waals surface area contributed by atoms with Gasteiger partial charge in [-0.1, -0.05) is 6.92 Å². The first-order valence-corrected chi connectivity index (χ1v) is 3.03. The van der Waals surface area contributed by atoms with E-state index in [0.29, 0.717) is 26.1 Å². The zero-order chi connectivity index (χ0) is 6.04. The monoisotopic (exact) mass is 118 g/mol. The fraction of sp³-hybridized carbons (Fsp3) is 1.00. The highest BCUT2D eigenvalue weighted by atomic mass is 19.1.